The molecule has 0 saturated carbocycles. The van der Waals surface area contributed by atoms with Gasteiger partial charge in [-0.15, -0.1) is 0 Å². The molecule has 2 aromatic carbocycles. The highest BCUT2D eigenvalue weighted by molar-refractivity contribution is 5.97. The number of carbonyl (C=O) groups is 1. The van der Waals surface area contributed by atoms with E-state index in [0.717, 1.165) is 12.8 Å². The predicted molar refractivity (Wildman–Crippen MR) is 99.4 cm³/mol. The average molecular weight is 349 g/mol. The van der Waals surface area contributed by atoms with Crippen LogP contribution in [-0.2, 0) is 0 Å². The summed E-state index contributed by atoms with van der Waals surface area (Å²) < 4.78 is 0. The Morgan fingerprint density at radius 2 is 1.77 bits per heavy atom. The third-order valence-corrected chi connectivity index (χ3v) is 5.03. The molecule has 2 heterocycles. The summed E-state index contributed by atoms with van der Waals surface area (Å²) in [5, 5.41) is 0. The second-order valence-electron chi connectivity index (χ2n) is 6.68. The molecular weight excluding hydrogens is 330 g/mol. The van der Waals surface area contributed by atoms with Crippen LogP contribution in [0.1, 0.15) is 40.4 Å². The number of H-pyrrole nitrogens is 2. The van der Waals surface area contributed by atoms with Crippen molar-refractivity contribution in [2.24, 2.45) is 0 Å². The molecule has 4 rings (SSSR count). The number of aromatic amines is 2. The Balaban J connectivity index is 1.71. The molecule has 6 heteroatoms. The number of hydrogen-bond acceptors (Lipinski definition) is 3. The molecule has 1 fully saturated rings. The fraction of sp³-hybridized carbons (Fsp3) is 0.250. The monoisotopic (exact) mass is 349 g/mol. The van der Waals surface area contributed by atoms with E-state index in [9.17, 15) is 14.4 Å². The summed E-state index contributed by atoms with van der Waals surface area (Å²) in [7, 11) is 0. The highest BCUT2D eigenvalue weighted by Gasteiger charge is 2.31. The van der Waals surface area contributed by atoms with Gasteiger partial charge in [-0.2, -0.15) is 0 Å². The molecular formula is C20H19N3O3. The fourth-order valence-corrected chi connectivity index (χ4v) is 3.71. The fourth-order valence-electron chi connectivity index (χ4n) is 3.71. The van der Waals surface area contributed by atoms with Crippen molar-refractivity contribution in [3.8, 4) is 0 Å². The number of aromatic nitrogens is 2. The van der Waals surface area contributed by atoms with Gasteiger partial charge in [0.15, 0.2) is 0 Å². The first-order valence-corrected chi connectivity index (χ1v) is 8.67. The molecule has 1 atom stereocenters. The third kappa shape index (κ3) is 2.73. The van der Waals surface area contributed by atoms with Gasteiger partial charge in [0, 0.05) is 12.1 Å². The van der Waals surface area contributed by atoms with Gasteiger partial charge >= 0.3 is 11.1 Å². The van der Waals surface area contributed by atoms with Crippen molar-refractivity contribution in [3.05, 3.63) is 79.9 Å². The van der Waals surface area contributed by atoms with Gasteiger partial charge in [0.25, 0.3) is 5.91 Å². The number of nitrogens with zero attached hydrogens (tertiary/aromatic N) is 1. The molecule has 6 nitrogen and oxygen atoms in total. The summed E-state index contributed by atoms with van der Waals surface area (Å²) in [6.45, 7) is 2.77. The van der Waals surface area contributed by atoms with Gasteiger partial charge in [-0.05, 0) is 49.1 Å². The van der Waals surface area contributed by atoms with Crippen LogP contribution in [0, 0.1) is 6.92 Å². The number of carbonyl (C=O) groups excluding carboxylic acids is 1. The topological polar surface area (TPSA) is 86.0 Å². The molecule has 0 bridgehead atoms. The van der Waals surface area contributed by atoms with Gasteiger partial charge in [-0.3, -0.25) is 14.4 Å². The highest BCUT2D eigenvalue weighted by Crippen LogP contribution is 2.34. The van der Waals surface area contributed by atoms with E-state index in [1.165, 1.54) is 11.1 Å². The molecule has 1 aliphatic rings. The van der Waals surface area contributed by atoms with Crippen LogP contribution in [0.5, 0.6) is 0 Å². The number of aryl methyl sites for hydroxylation is 1. The molecule has 132 valence electrons. The van der Waals surface area contributed by atoms with Gasteiger partial charge < -0.3 is 14.9 Å². The van der Waals surface area contributed by atoms with Crippen LogP contribution in [0.2, 0.25) is 0 Å². The van der Waals surface area contributed by atoms with E-state index >= 15 is 0 Å². The Kier molecular flexibility index (Phi) is 3.95. The van der Waals surface area contributed by atoms with Gasteiger partial charge in [0.1, 0.15) is 0 Å². The summed E-state index contributed by atoms with van der Waals surface area (Å²) in [6, 6.07) is 13.2. The molecule has 3 aromatic rings. The SMILES string of the molecule is Cc1ccccc1[C@@H]1CCCN1C(=O)c1ccc2[nH]c(=O)c(=O)[nH]c2c1. The van der Waals surface area contributed by atoms with E-state index in [0.29, 0.717) is 23.1 Å². The number of amides is 1. The maximum atomic E-state index is 13.1. The molecule has 1 amide bonds. The molecule has 2 N–H and O–H groups in total. The molecule has 26 heavy (non-hydrogen) atoms. The van der Waals surface area contributed by atoms with Gasteiger partial charge in [-0.1, -0.05) is 24.3 Å². The molecule has 0 spiro atoms. The number of rotatable bonds is 2. The summed E-state index contributed by atoms with van der Waals surface area (Å²) >= 11 is 0. The minimum atomic E-state index is -0.721. The molecule has 1 saturated heterocycles. The number of benzene rings is 2. The van der Waals surface area contributed by atoms with Crippen LogP contribution in [-0.4, -0.2) is 27.3 Å². The van der Waals surface area contributed by atoms with Crippen LogP contribution in [0.4, 0.5) is 0 Å². The standard InChI is InChI=1S/C20H19N3O3/c1-12-5-2-3-6-14(12)17-7-4-10-23(17)20(26)13-8-9-15-16(11-13)22-19(25)18(24)21-15/h2-3,5-6,8-9,11,17H,4,7,10H2,1H3,(H,21,24)(H,22,25)/t17-/m0/s1. The van der Waals surface area contributed by atoms with E-state index in [2.05, 4.69) is 29.0 Å². The Bertz CT molecular complexity index is 1110. The average Bonchev–Trinajstić information content (AvgIpc) is 3.11. The second kappa shape index (κ2) is 6.29. The van der Waals surface area contributed by atoms with Crippen molar-refractivity contribution in [2.75, 3.05) is 6.54 Å². The lowest BCUT2D eigenvalue weighted by molar-refractivity contribution is 0.0735. The maximum absolute atomic E-state index is 13.1. The van der Waals surface area contributed by atoms with Crippen LogP contribution >= 0.6 is 0 Å². The lowest BCUT2D eigenvalue weighted by Crippen LogP contribution is -2.31. The lowest BCUT2D eigenvalue weighted by atomic mass is 9.99. The number of hydrogen-bond donors (Lipinski definition) is 2. The molecule has 1 aromatic heterocycles. The van der Waals surface area contributed by atoms with E-state index in [4.69, 9.17) is 0 Å². The van der Waals surface area contributed by atoms with E-state index in [1.54, 1.807) is 18.2 Å². The van der Waals surface area contributed by atoms with Crippen LogP contribution in [0.25, 0.3) is 11.0 Å². The summed E-state index contributed by atoms with van der Waals surface area (Å²) in [5.74, 6) is -0.0651. The summed E-state index contributed by atoms with van der Waals surface area (Å²) in [4.78, 5) is 43.0. The predicted octanol–water partition coefficient (Wildman–Crippen LogP) is 2.50. The third-order valence-electron chi connectivity index (χ3n) is 5.03. The van der Waals surface area contributed by atoms with Crippen molar-refractivity contribution in [1.82, 2.24) is 14.9 Å². The molecule has 0 radical (unpaired) electrons. The Morgan fingerprint density at radius 1 is 1.04 bits per heavy atom. The first-order chi connectivity index (χ1) is 12.5. The van der Waals surface area contributed by atoms with Gasteiger partial charge in [0.05, 0.1) is 17.1 Å². The van der Waals surface area contributed by atoms with Crippen LogP contribution in [0.3, 0.4) is 0 Å². The minimum Gasteiger partial charge on any atom is -0.332 e. The van der Waals surface area contributed by atoms with Crippen molar-refractivity contribution in [1.29, 1.82) is 0 Å². The van der Waals surface area contributed by atoms with E-state index in [1.807, 2.05) is 17.0 Å². The zero-order chi connectivity index (χ0) is 18.3. The molecule has 0 unspecified atom stereocenters. The van der Waals surface area contributed by atoms with Gasteiger partial charge in [-0.25, -0.2) is 0 Å². The number of likely N-dealkylation sites (tertiary alicyclic amines) is 1. The Morgan fingerprint density at radius 3 is 2.54 bits per heavy atom. The number of fused-ring (bicyclic) bond motifs is 1. The van der Waals surface area contributed by atoms with E-state index in [-0.39, 0.29) is 11.9 Å². The minimum absolute atomic E-state index is 0.0639. The van der Waals surface area contributed by atoms with E-state index < -0.39 is 11.1 Å². The summed E-state index contributed by atoms with van der Waals surface area (Å²) in [5.41, 5.74) is 2.39. The lowest BCUT2D eigenvalue weighted by Gasteiger charge is -2.26. The largest absolute Gasteiger partial charge is 0.332 e. The van der Waals surface area contributed by atoms with Gasteiger partial charge in [0.2, 0.25) is 0 Å². The molecule has 0 aliphatic carbocycles. The highest BCUT2D eigenvalue weighted by atomic mass is 16.2. The summed E-state index contributed by atoms with van der Waals surface area (Å²) in [6.07, 6.45) is 1.90. The quantitative estimate of drug-likeness (QED) is 0.697. The van der Waals surface area contributed by atoms with Crippen molar-refractivity contribution >= 4 is 16.9 Å². The van der Waals surface area contributed by atoms with Crippen molar-refractivity contribution in [2.45, 2.75) is 25.8 Å². The van der Waals surface area contributed by atoms with Crippen molar-refractivity contribution in [3.63, 3.8) is 0 Å². The molecule has 1 aliphatic heterocycles. The Labute approximate surface area is 149 Å². The second-order valence-corrected chi connectivity index (χ2v) is 6.68. The number of nitrogens with one attached hydrogen (secondary N) is 2. The zero-order valence-electron chi connectivity index (χ0n) is 14.4. The van der Waals surface area contributed by atoms with Crippen molar-refractivity contribution < 1.29 is 4.79 Å². The maximum Gasteiger partial charge on any atom is 0.314 e. The first kappa shape index (κ1) is 16.3. The zero-order valence-corrected chi connectivity index (χ0v) is 14.4. The normalized spacial score (nSPS) is 17.0. The van der Waals surface area contributed by atoms with Crippen LogP contribution < -0.4 is 11.1 Å². The van der Waals surface area contributed by atoms with Crippen LogP contribution in [0.15, 0.2) is 52.1 Å². The Hall–Kier alpha value is -3.15. The smallest absolute Gasteiger partial charge is 0.314 e. The first-order valence-electron chi connectivity index (χ1n) is 8.67.